The Morgan fingerprint density at radius 2 is 2.00 bits per heavy atom. The van der Waals surface area contributed by atoms with Gasteiger partial charge in [0, 0.05) is 6.07 Å². The Morgan fingerprint density at radius 1 is 1.26 bits per heavy atom. The molecule has 0 aliphatic rings. The third kappa shape index (κ3) is 5.37. The molecule has 3 nitrogen and oxygen atoms in total. The minimum absolute atomic E-state index is 0.0725. The maximum Gasteiger partial charge on any atom is 0.289 e. The van der Waals surface area contributed by atoms with Crippen LogP contribution in [0.25, 0.3) is 0 Å². The molecule has 0 aliphatic carbocycles. The van der Waals surface area contributed by atoms with Crippen LogP contribution in [0.15, 0.2) is 47.4 Å². The van der Waals surface area contributed by atoms with E-state index in [1.54, 1.807) is 0 Å². The van der Waals surface area contributed by atoms with Gasteiger partial charge in [0.1, 0.15) is 11.6 Å². The molecular weight excluding hydrogens is 351 g/mol. The highest BCUT2D eigenvalue weighted by Gasteiger charge is 2.15. The summed E-state index contributed by atoms with van der Waals surface area (Å²) < 4.78 is 43.2. The predicted molar refractivity (Wildman–Crippen MR) is 83.8 cm³/mol. The van der Waals surface area contributed by atoms with Gasteiger partial charge in [-0.2, -0.15) is 8.78 Å². The Morgan fingerprint density at radius 3 is 2.70 bits per heavy atom. The molecule has 2 rings (SSSR count). The zero-order valence-corrected chi connectivity index (χ0v) is 13.1. The number of anilines is 1. The van der Waals surface area contributed by atoms with Crippen molar-refractivity contribution in [1.82, 2.24) is 0 Å². The molecule has 0 aromatic heterocycles. The number of rotatable bonds is 6. The minimum Gasteiger partial charge on any atom is -0.484 e. The van der Waals surface area contributed by atoms with Crippen LogP contribution in [0.1, 0.15) is 0 Å². The topological polar surface area (TPSA) is 38.3 Å². The lowest BCUT2D eigenvalue weighted by Gasteiger charge is -2.12. The Hall–Kier alpha value is -1.86. The van der Waals surface area contributed by atoms with Gasteiger partial charge in [-0.15, -0.1) is 0 Å². The van der Waals surface area contributed by atoms with E-state index in [-0.39, 0.29) is 33.1 Å². The van der Waals surface area contributed by atoms with Crippen LogP contribution >= 0.6 is 23.4 Å². The summed E-state index contributed by atoms with van der Waals surface area (Å²) >= 11 is 6.11. The monoisotopic (exact) mass is 361 g/mol. The molecule has 0 saturated heterocycles. The van der Waals surface area contributed by atoms with Crippen molar-refractivity contribution < 1.29 is 22.7 Å². The van der Waals surface area contributed by atoms with E-state index >= 15 is 0 Å². The van der Waals surface area contributed by atoms with E-state index < -0.39 is 24.1 Å². The number of carbonyl (C=O) groups excluding carboxylic acids is 1. The van der Waals surface area contributed by atoms with Crippen LogP contribution in [0.5, 0.6) is 5.75 Å². The van der Waals surface area contributed by atoms with Crippen LogP contribution in [0.3, 0.4) is 0 Å². The highest BCUT2D eigenvalue weighted by atomic mass is 35.5. The molecule has 2 aromatic carbocycles. The fourth-order valence-corrected chi connectivity index (χ4v) is 2.62. The molecular formula is C15H11ClF3NO2S. The predicted octanol–water partition coefficient (Wildman–Crippen LogP) is 4.81. The normalized spacial score (nSPS) is 10.7. The molecule has 2 aromatic rings. The second-order valence-electron chi connectivity index (χ2n) is 4.29. The third-order valence-electron chi connectivity index (χ3n) is 2.61. The molecule has 0 heterocycles. The molecule has 1 amide bonds. The zero-order valence-electron chi connectivity index (χ0n) is 11.6. The van der Waals surface area contributed by atoms with Gasteiger partial charge in [-0.05, 0) is 24.3 Å². The molecule has 0 fully saturated rings. The number of carbonyl (C=O) groups is 1. The molecule has 0 radical (unpaired) electrons. The average Bonchev–Trinajstić information content (AvgIpc) is 2.48. The highest BCUT2D eigenvalue weighted by molar-refractivity contribution is 7.99. The Balaban J connectivity index is 2.01. The van der Waals surface area contributed by atoms with E-state index in [4.69, 9.17) is 16.3 Å². The van der Waals surface area contributed by atoms with E-state index in [2.05, 4.69) is 5.32 Å². The van der Waals surface area contributed by atoms with Crippen molar-refractivity contribution >= 4 is 35.0 Å². The van der Waals surface area contributed by atoms with Crippen molar-refractivity contribution in [2.24, 2.45) is 0 Å². The van der Waals surface area contributed by atoms with E-state index in [0.29, 0.717) is 0 Å². The van der Waals surface area contributed by atoms with Gasteiger partial charge >= 0.3 is 0 Å². The number of halogens is 4. The van der Waals surface area contributed by atoms with Crippen molar-refractivity contribution in [2.45, 2.75) is 10.7 Å². The van der Waals surface area contributed by atoms with E-state index in [0.717, 1.165) is 6.07 Å². The molecule has 0 unspecified atom stereocenters. The van der Waals surface area contributed by atoms with Crippen LogP contribution in [0.4, 0.5) is 18.9 Å². The van der Waals surface area contributed by atoms with Gasteiger partial charge in [0.15, 0.2) is 6.61 Å². The summed E-state index contributed by atoms with van der Waals surface area (Å²) in [5.74, 6) is -3.55. The lowest BCUT2D eigenvalue weighted by molar-refractivity contribution is -0.118. The second-order valence-corrected chi connectivity index (χ2v) is 5.70. The van der Waals surface area contributed by atoms with Gasteiger partial charge in [-0.1, -0.05) is 35.5 Å². The number of hydrogen-bond acceptors (Lipinski definition) is 3. The summed E-state index contributed by atoms with van der Waals surface area (Å²) in [7, 11) is 0. The molecule has 23 heavy (non-hydrogen) atoms. The number of alkyl halides is 2. The SMILES string of the molecule is O=C(COc1cccc(F)c1)Nc1cccc(Cl)c1SC(F)F. The summed E-state index contributed by atoms with van der Waals surface area (Å²) in [6.45, 7) is -0.394. The number of hydrogen-bond donors (Lipinski definition) is 1. The van der Waals surface area contributed by atoms with Crippen molar-refractivity contribution in [1.29, 1.82) is 0 Å². The lowest BCUT2D eigenvalue weighted by atomic mass is 10.3. The average molecular weight is 362 g/mol. The molecule has 8 heteroatoms. The lowest BCUT2D eigenvalue weighted by Crippen LogP contribution is -2.20. The van der Waals surface area contributed by atoms with Crippen LogP contribution in [0.2, 0.25) is 5.02 Å². The second kappa shape index (κ2) is 8.12. The number of benzene rings is 2. The van der Waals surface area contributed by atoms with Gasteiger partial charge < -0.3 is 10.1 Å². The summed E-state index contributed by atoms with van der Waals surface area (Å²) in [5.41, 5.74) is 0.163. The molecule has 1 N–H and O–H groups in total. The van der Waals surface area contributed by atoms with E-state index in [9.17, 15) is 18.0 Å². The summed E-state index contributed by atoms with van der Waals surface area (Å²) in [6, 6.07) is 9.74. The zero-order chi connectivity index (χ0) is 16.8. The maximum atomic E-state index is 13.0. The number of ether oxygens (including phenoxy) is 1. The smallest absolute Gasteiger partial charge is 0.289 e. The number of nitrogens with one attached hydrogen (secondary N) is 1. The summed E-state index contributed by atoms with van der Waals surface area (Å²) in [4.78, 5) is 11.9. The Labute approximate surface area is 139 Å². The molecule has 122 valence electrons. The highest BCUT2D eigenvalue weighted by Crippen LogP contribution is 2.37. The van der Waals surface area contributed by atoms with Crippen molar-refractivity contribution in [2.75, 3.05) is 11.9 Å². The van der Waals surface area contributed by atoms with E-state index in [1.165, 1.54) is 36.4 Å². The van der Waals surface area contributed by atoms with Gasteiger partial charge in [0.2, 0.25) is 0 Å². The summed E-state index contributed by atoms with van der Waals surface area (Å²) in [5, 5.41) is 2.56. The van der Waals surface area contributed by atoms with Crippen molar-refractivity contribution in [3.63, 3.8) is 0 Å². The first-order valence-electron chi connectivity index (χ1n) is 6.37. The van der Waals surface area contributed by atoms with Crippen LogP contribution in [0, 0.1) is 5.82 Å². The maximum absolute atomic E-state index is 13.0. The third-order valence-corrected chi connectivity index (χ3v) is 3.89. The standard InChI is InChI=1S/C15H11ClF3NO2S/c16-11-5-2-6-12(14(11)23-15(18)19)20-13(21)8-22-10-4-1-3-9(17)7-10/h1-7,15H,8H2,(H,20,21). The minimum atomic E-state index is -2.67. The summed E-state index contributed by atoms with van der Waals surface area (Å²) in [6.07, 6.45) is 0. The quantitative estimate of drug-likeness (QED) is 0.750. The first-order valence-corrected chi connectivity index (χ1v) is 7.63. The fourth-order valence-electron chi connectivity index (χ4n) is 1.71. The molecule has 0 aliphatic heterocycles. The largest absolute Gasteiger partial charge is 0.484 e. The first kappa shape index (κ1) is 17.5. The van der Waals surface area contributed by atoms with E-state index in [1.807, 2.05) is 0 Å². The van der Waals surface area contributed by atoms with Gasteiger partial charge in [-0.3, -0.25) is 4.79 Å². The number of thioether (sulfide) groups is 1. The Kier molecular flexibility index (Phi) is 6.18. The Bertz CT molecular complexity index is 700. The number of amides is 1. The van der Waals surface area contributed by atoms with Crippen LogP contribution in [-0.4, -0.2) is 18.3 Å². The first-order chi connectivity index (χ1) is 11.0. The van der Waals surface area contributed by atoms with Crippen molar-refractivity contribution in [3.8, 4) is 5.75 Å². The van der Waals surface area contributed by atoms with Gasteiger partial charge in [-0.25, -0.2) is 4.39 Å². The molecule has 0 spiro atoms. The van der Waals surface area contributed by atoms with Crippen LogP contribution in [-0.2, 0) is 4.79 Å². The molecule has 0 saturated carbocycles. The molecule has 0 bridgehead atoms. The fraction of sp³-hybridized carbons (Fsp3) is 0.133. The van der Waals surface area contributed by atoms with Gasteiger partial charge in [0.05, 0.1) is 15.6 Å². The van der Waals surface area contributed by atoms with Crippen molar-refractivity contribution in [3.05, 3.63) is 53.3 Å². The van der Waals surface area contributed by atoms with Gasteiger partial charge in [0.25, 0.3) is 11.7 Å². The van der Waals surface area contributed by atoms with Crippen LogP contribution < -0.4 is 10.1 Å². The molecule has 0 atom stereocenters.